The molecule has 1 aromatic heterocycles. The molecule has 0 bridgehead atoms. The standard InChI is InChI=1S/C9H11NO3/c1-6-7(2-3-11)4-10-5-8(6)9(12)13/h4-5,11H,2-3H2,1H3,(H,12,13). The molecule has 4 heteroatoms. The Kier molecular flexibility index (Phi) is 2.97. The van der Waals surface area contributed by atoms with Crippen LogP contribution in [-0.4, -0.2) is 27.8 Å². The average molecular weight is 181 g/mol. The highest BCUT2D eigenvalue weighted by Crippen LogP contribution is 2.12. The summed E-state index contributed by atoms with van der Waals surface area (Å²) < 4.78 is 0. The minimum atomic E-state index is -0.982. The van der Waals surface area contributed by atoms with Gasteiger partial charge in [-0.2, -0.15) is 0 Å². The Labute approximate surface area is 75.9 Å². The Morgan fingerprint density at radius 2 is 2.23 bits per heavy atom. The number of pyridine rings is 1. The minimum Gasteiger partial charge on any atom is -0.478 e. The number of aliphatic hydroxyl groups is 1. The van der Waals surface area contributed by atoms with E-state index < -0.39 is 5.97 Å². The quantitative estimate of drug-likeness (QED) is 0.717. The SMILES string of the molecule is Cc1c(CCO)cncc1C(=O)O. The molecule has 13 heavy (non-hydrogen) atoms. The van der Waals surface area contributed by atoms with E-state index in [9.17, 15) is 4.79 Å². The van der Waals surface area contributed by atoms with Crippen LogP contribution >= 0.6 is 0 Å². The molecule has 4 nitrogen and oxygen atoms in total. The minimum absolute atomic E-state index is 0.00555. The molecule has 0 amide bonds. The molecule has 0 spiro atoms. The fourth-order valence-corrected chi connectivity index (χ4v) is 1.16. The molecular weight excluding hydrogens is 170 g/mol. The maximum Gasteiger partial charge on any atom is 0.337 e. The number of rotatable bonds is 3. The molecule has 0 radical (unpaired) electrons. The second-order valence-corrected chi connectivity index (χ2v) is 2.75. The van der Waals surface area contributed by atoms with Crippen molar-refractivity contribution < 1.29 is 15.0 Å². The van der Waals surface area contributed by atoms with E-state index in [1.807, 2.05) is 0 Å². The number of aliphatic hydroxyl groups excluding tert-OH is 1. The zero-order chi connectivity index (χ0) is 9.84. The summed E-state index contributed by atoms with van der Waals surface area (Å²) in [5.41, 5.74) is 1.66. The second kappa shape index (κ2) is 4.00. The first kappa shape index (κ1) is 9.67. The highest BCUT2D eigenvalue weighted by atomic mass is 16.4. The van der Waals surface area contributed by atoms with Gasteiger partial charge in [0, 0.05) is 19.0 Å². The molecule has 1 aromatic rings. The Morgan fingerprint density at radius 3 is 2.77 bits per heavy atom. The van der Waals surface area contributed by atoms with Crippen molar-refractivity contribution >= 4 is 5.97 Å². The average Bonchev–Trinajstić information content (AvgIpc) is 2.08. The van der Waals surface area contributed by atoms with Crippen LogP contribution in [0.5, 0.6) is 0 Å². The van der Waals surface area contributed by atoms with Gasteiger partial charge in [-0.1, -0.05) is 0 Å². The molecule has 0 fully saturated rings. The van der Waals surface area contributed by atoms with Crippen LogP contribution in [0.25, 0.3) is 0 Å². The Morgan fingerprint density at radius 1 is 1.54 bits per heavy atom. The summed E-state index contributed by atoms with van der Waals surface area (Å²) in [5, 5.41) is 17.5. The van der Waals surface area contributed by atoms with Gasteiger partial charge in [0.15, 0.2) is 0 Å². The molecule has 0 atom stereocenters. The van der Waals surface area contributed by atoms with Gasteiger partial charge in [0.05, 0.1) is 5.56 Å². The molecule has 0 aliphatic carbocycles. The lowest BCUT2D eigenvalue weighted by Gasteiger charge is -2.05. The zero-order valence-corrected chi connectivity index (χ0v) is 7.32. The maximum absolute atomic E-state index is 10.7. The van der Waals surface area contributed by atoms with Crippen molar-refractivity contribution in [3.8, 4) is 0 Å². The molecule has 70 valence electrons. The van der Waals surface area contributed by atoms with Gasteiger partial charge >= 0.3 is 5.97 Å². The Bertz CT molecular complexity index is 323. The molecule has 0 aromatic carbocycles. The van der Waals surface area contributed by atoms with Gasteiger partial charge < -0.3 is 10.2 Å². The third kappa shape index (κ3) is 2.03. The van der Waals surface area contributed by atoms with Crippen molar-refractivity contribution in [2.45, 2.75) is 13.3 Å². The van der Waals surface area contributed by atoms with Gasteiger partial charge in [0.2, 0.25) is 0 Å². The van der Waals surface area contributed by atoms with E-state index in [1.54, 1.807) is 13.1 Å². The van der Waals surface area contributed by atoms with E-state index >= 15 is 0 Å². The van der Waals surface area contributed by atoms with Gasteiger partial charge in [0.1, 0.15) is 0 Å². The molecular formula is C9H11NO3. The van der Waals surface area contributed by atoms with E-state index in [4.69, 9.17) is 10.2 Å². The molecule has 0 saturated heterocycles. The predicted octanol–water partition coefficient (Wildman–Crippen LogP) is 0.623. The smallest absolute Gasteiger partial charge is 0.337 e. The van der Waals surface area contributed by atoms with Crippen LogP contribution in [0.15, 0.2) is 12.4 Å². The van der Waals surface area contributed by atoms with Crippen LogP contribution in [0.3, 0.4) is 0 Å². The summed E-state index contributed by atoms with van der Waals surface area (Å²) in [6.07, 6.45) is 3.34. The van der Waals surface area contributed by atoms with Crippen molar-refractivity contribution in [2.75, 3.05) is 6.61 Å². The molecule has 1 rings (SSSR count). The van der Waals surface area contributed by atoms with Crippen LogP contribution in [0.4, 0.5) is 0 Å². The van der Waals surface area contributed by atoms with Gasteiger partial charge in [-0.3, -0.25) is 4.98 Å². The van der Waals surface area contributed by atoms with E-state index in [-0.39, 0.29) is 12.2 Å². The van der Waals surface area contributed by atoms with Crippen LogP contribution in [0, 0.1) is 6.92 Å². The van der Waals surface area contributed by atoms with Crippen LogP contribution in [0.2, 0.25) is 0 Å². The number of aromatic nitrogens is 1. The number of carboxylic acids is 1. The van der Waals surface area contributed by atoms with Crippen molar-refractivity contribution in [2.24, 2.45) is 0 Å². The van der Waals surface area contributed by atoms with Gasteiger partial charge in [0.25, 0.3) is 0 Å². The largest absolute Gasteiger partial charge is 0.478 e. The third-order valence-electron chi connectivity index (χ3n) is 1.93. The van der Waals surface area contributed by atoms with Crippen molar-refractivity contribution in [1.29, 1.82) is 0 Å². The van der Waals surface area contributed by atoms with Crippen molar-refractivity contribution in [3.05, 3.63) is 29.1 Å². The van der Waals surface area contributed by atoms with Crippen molar-refractivity contribution in [3.63, 3.8) is 0 Å². The predicted molar refractivity (Wildman–Crippen MR) is 46.7 cm³/mol. The lowest BCUT2D eigenvalue weighted by molar-refractivity contribution is 0.0695. The first-order valence-corrected chi connectivity index (χ1v) is 3.94. The summed E-state index contributed by atoms with van der Waals surface area (Å²) in [4.78, 5) is 14.5. The fraction of sp³-hybridized carbons (Fsp3) is 0.333. The zero-order valence-electron chi connectivity index (χ0n) is 7.32. The van der Waals surface area contributed by atoms with E-state index in [0.29, 0.717) is 12.0 Å². The first-order valence-electron chi connectivity index (χ1n) is 3.94. The van der Waals surface area contributed by atoms with Gasteiger partial charge in [-0.25, -0.2) is 4.79 Å². The molecule has 0 aliphatic heterocycles. The van der Waals surface area contributed by atoms with Gasteiger partial charge in [-0.15, -0.1) is 0 Å². The highest BCUT2D eigenvalue weighted by Gasteiger charge is 2.09. The fourth-order valence-electron chi connectivity index (χ4n) is 1.16. The normalized spacial score (nSPS) is 10.0. The van der Waals surface area contributed by atoms with E-state index in [2.05, 4.69) is 4.98 Å². The van der Waals surface area contributed by atoms with Crippen molar-refractivity contribution in [1.82, 2.24) is 4.98 Å². The number of carbonyl (C=O) groups is 1. The van der Waals surface area contributed by atoms with Crippen LogP contribution in [0.1, 0.15) is 21.5 Å². The summed E-state index contributed by atoms with van der Waals surface area (Å²) in [6, 6.07) is 0. The third-order valence-corrected chi connectivity index (χ3v) is 1.93. The molecule has 0 saturated carbocycles. The lowest BCUT2D eigenvalue weighted by Crippen LogP contribution is -2.05. The number of hydrogen-bond acceptors (Lipinski definition) is 3. The molecule has 0 aliphatic rings. The molecule has 2 N–H and O–H groups in total. The molecule has 1 heterocycles. The number of hydrogen-bond donors (Lipinski definition) is 2. The summed E-state index contributed by atoms with van der Waals surface area (Å²) >= 11 is 0. The summed E-state index contributed by atoms with van der Waals surface area (Å²) in [7, 11) is 0. The summed E-state index contributed by atoms with van der Waals surface area (Å²) in [6.45, 7) is 1.72. The number of nitrogens with zero attached hydrogens (tertiary/aromatic N) is 1. The first-order chi connectivity index (χ1) is 6.16. The Balaban J connectivity index is 3.10. The number of carboxylic acid groups (broad SMARTS) is 1. The second-order valence-electron chi connectivity index (χ2n) is 2.75. The topological polar surface area (TPSA) is 70.4 Å². The van der Waals surface area contributed by atoms with Crippen LogP contribution < -0.4 is 0 Å². The lowest BCUT2D eigenvalue weighted by atomic mass is 10.0. The van der Waals surface area contributed by atoms with E-state index in [1.165, 1.54) is 6.20 Å². The highest BCUT2D eigenvalue weighted by molar-refractivity contribution is 5.89. The van der Waals surface area contributed by atoms with Crippen LogP contribution in [-0.2, 0) is 6.42 Å². The Hall–Kier alpha value is -1.42. The van der Waals surface area contributed by atoms with Gasteiger partial charge in [-0.05, 0) is 24.5 Å². The maximum atomic E-state index is 10.7. The monoisotopic (exact) mass is 181 g/mol. The molecule has 0 unspecified atom stereocenters. The number of aromatic carboxylic acids is 1. The summed E-state index contributed by atoms with van der Waals surface area (Å²) in [5.74, 6) is -0.982. The van der Waals surface area contributed by atoms with E-state index in [0.717, 1.165) is 5.56 Å².